The summed E-state index contributed by atoms with van der Waals surface area (Å²) in [5.41, 5.74) is 0. The van der Waals surface area contributed by atoms with E-state index < -0.39 is 9.96 Å². The van der Waals surface area contributed by atoms with E-state index in [4.69, 9.17) is 39.5 Å². The molecular formula is C10H17Cl3N2O2. The third-order valence-electron chi connectivity index (χ3n) is 2.52. The van der Waals surface area contributed by atoms with E-state index in [1.807, 2.05) is 4.90 Å². The van der Waals surface area contributed by atoms with Crippen LogP contribution in [0.5, 0.6) is 0 Å². The van der Waals surface area contributed by atoms with Gasteiger partial charge in [0, 0.05) is 19.0 Å². The van der Waals surface area contributed by atoms with Gasteiger partial charge in [-0.25, -0.2) is 0 Å². The van der Waals surface area contributed by atoms with Crippen molar-refractivity contribution in [1.82, 2.24) is 10.2 Å². The first-order valence-electron chi connectivity index (χ1n) is 5.51. The SMILES string of the molecule is CC(C)C(=O)N[C@@H](N1CCOCC1)C(Cl)(Cl)Cl. The fraction of sp³-hybridized carbons (Fsp3) is 0.900. The summed E-state index contributed by atoms with van der Waals surface area (Å²) in [4.78, 5) is 13.6. The molecule has 1 atom stereocenters. The number of rotatable bonds is 3. The predicted molar refractivity (Wildman–Crippen MR) is 69.5 cm³/mol. The molecule has 0 aromatic carbocycles. The van der Waals surface area contributed by atoms with Crippen molar-refractivity contribution in [2.45, 2.75) is 23.8 Å². The zero-order valence-electron chi connectivity index (χ0n) is 9.88. The van der Waals surface area contributed by atoms with Crippen molar-refractivity contribution in [3.05, 3.63) is 0 Å². The number of amides is 1. The Kier molecular flexibility index (Phi) is 5.80. The van der Waals surface area contributed by atoms with Gasteiger partial charge in [0.15, 0.2) is 0 Å². The first-order valence-corrected chi connectivity index (χ1v) is 6.64. The van der Waals surface area contributed by atoms with Crippen LogP contribution in [-0.4, -0.2) is 47.1 Å². The largest absolute Gasteiger partial charge is 0.379 e. The summed E-state index contributed by atoms with van der Waals surface area (Å²) < 4.78 is 3.68. The molecule has 4 nitrogen and oxygen atoms in total. The van der Waals surface area contributed by atoms with Crippen LogP contribution < -0.4 is 5.32 Å². The zero-order chi connectivity index (χ0) is 13.1. The van der Waals surface area contributed by atoms with Crippen LogP contribution in [0.25, 0.3) is 0 Å². The van der Waals surface area contributed by atoms with Gasteiger partial charge in [0.2, 0.25) is 9.70 Å². The Bertz CT molecular complexity index is 263. The lowest BCUT2D eigenvalue weighted by Crippen LogP contribution is -2.58. The lowest BCUT2D eigenvalue weighted by molar-refractivity contribution is -0.126. The molecular weight excluding hydrogens is 286 g/mol. The fourth-order valence-corrected chi connectivity index (χ4v) is 2.09. The highest BCUT2D eigenvalue weighted by Gasteiger charge is 2.39. The monoisotopic (exact) mass is 302 g/mol. The van der Waals surface area contributed by atoms with E-state index in [9.17, 15) is 4.79 Å². The number of hydrogen-bond acceptors (Lipinski definition) is 3. The van der Waals surface area contributed by atoms with E-state index >= 15 is 0 Å². The van der Waals surface area contributed by atoms with Crippen LogP contribution in [0.3, 0.4) is 0 Å². The fourth-order valence-electron chi connectivity index (χ4n) is 1.52. The molecule has 0 unspecified atom stereocenters. The van der Waals surface area contributed by atoms with Crippen LogP contribution in [-0.2, 0) is 9.53 Å². The maximum absolute atomic E-state index is 11.7. The van der Waals surface area contributed by atoms with Crippen LogP contribution in [0, 0.1) is 5.92 Å². The van der Waals surface area contributed by atoms with E-state index in [0.717, 1.165) is 0 Å². The van der Waals surface area contributed by atoms with Crippen LogP contribution in [0.15, 0.2) is 0 Å². The van der Waals surface area contributed by atoms with Gasteiger partial charge >= 0.3 is 0 Å². The summed E-state index contributed by atoms with van der Waals surface area (Å²) in [5.74, 6) is -0.279. The highest BCUT2D eigenvalue weighted by Crippen LogP contribution is 2.32. The number of nitrogens with one attached hydrogen (secondary N) is 1. The van der Waals surface area contributed by atoms with Crippen molar-refractivity contribution >= 4 is 40.7 Å². The van der Waals surface area contributed by atoms with E-state index in [1.165, 1.54) is 0 Å². The molecule has 0 spiro atoms. The summed E-state index contributed by atoms with van der Waals surface area (Å²) in [6.45, 7) is 6.02. The number of nitrogens with zero attached hydrogens (tertiary/aromatic N) is 1. The molecule has 0 saturated carbocycles. The maximum atomic E-state index is 11.7. The molecule has 1 heterocycles. The summed E-state index contributed by atoms with van der Waals surface area (Å²) in [5, 5.41) is 2.76. The van der Waals surface area contributed by atoms with Gasteiger partial charge in [0.25, 0.3) is 0 Å². The Morgan fingerprint density at radius 1 is 1.29 bits per heavy atom. The van der Waals surface area contributed by atoms with Crippen molar-refractivity contribution in [1.29, 1.82) is 0 Å². The molecule has 0 radical (unpaired) electrons. The lowest BCUT2D eigenvalue weighted by atomic mass is 10.2. The third-order valence-corrected chi connectivity index (χ3v) is 3.14. The molecule has 1 rings (SSSR count). The second-order valence-corrected chi connectivity index (χ2v) is 6.62. The molecule has 0 bridgehead atoms. The normalized spacial score (nSPS) is 20.4. The summed E-state index contributed by atoms with van der Waals surface area (Å²) in [6.07, 6.45) is -0.619. The second kappa shape index (κ2) is 6.43. The molecule has 1 saturated heterocycles. The minimum absolute atomic E-state index is 0.132. The Labute approximate surface area is 117 Å². The van der Waals surface area contributed by atoms with Gasteiger partial charge in [0.05, 0.1) is 13.2 Å². The first kappa shape index (κ1) is 15.3. The Morgan fingerprint density at radius 2 is 1.82 bits per heavy atom. The zero-order valence-corrected chi connectivity index (χ0v) is 12.1. The molecule has 1 aliphatic heterocycles. The number of hydrogen-bond donors (Lipinski definition) is 1. The average Bonchev–Trinajstić information content (AvgIpc) is 2.25. The van der Waals surface area contributed by atoms with E-state index in [1.54, 1.807) is 13.8 Å². The number of carbonyl (C=O) groups excluding carboxylic acids is 1. The van der Waals surface area contributed by atoms with Gasteiger partial charge in [-0.15, -0.1) is 0 Å². The molecule has 0 aromatic heterocycles. The minimum atomic E-state index is -1.55. The quantitative estimate of drug-likeness (QED) is 0.808. The van der Waals surface area contributed by atoms with E-state index in [0.29, 0.717) is 26.3 Å². The molecule has 0 aromatic rings. The van der Waals surface area contributed by atoms with Crippen LogP contribution in [0.1, 0.15) is 13.8 Å². The van der Waals surface area contributed by atoms with Crippen LogP contribution >= 0.6 is 34.8 Å². The average molecular weight is 304 g/mol. The Morgan fingerprint density at radius 3 is 2.24 bits per heavy atom. The minimum Gasteiger partial charge on any atom is -0.379 e. The highest BCUT2D eigenvalue weighted by molar-refractivity contribution is 6.68. The number of carbonyl (C=O) groups is 1. The van der Waals surface area contributed by atoms with Gasteiger partial charge in [-0.3, -0.25) is 9.69 Å². The van der Waals surface area contributed by atoms with Crippen molar-refractivity contribution in [2.24, 2.45) is 5.92 Å². The van der Waals surface area contributed by atoms with Crippen molar-refractivity contribution < 1.29 is 9.53 Å². The maximum Gasteiger partial charge on any atom is 0.223 e. The molecule has 1 fully saturated rings. The molecule has 1 N–H and O–H groups in total. The number of ether oxygens (including phenoxy) is 1. The first-order chi connectivity index (χ1) is 7.82. The molecule has 1 amide bonds. The van der Waals surface area contributed by atoms with Gasteiger partial charge in [-0.1, -0.05) is 48.7 Å². The van der Waals surface area contributed by atoms with Gasteiger partial charge < -0.3 is 10.1 Å². The second-order valence-electron chi connectivity index (χ2n) is 4.26. The third kappa shape index (κ3) is 4.79. The predicted octanol–water partition coefficient (Wildman–Crippen LogP) is 1.79. The lowest BCUT2D eigenvalue weighted by Gasteiger charge is -2.38. The van der Waals surface area contributed by atoms with Crippen LogP contribution in [0.4, 0.5) is 0 Å². The van der Waals surface area contributed by atoms with E-state index in [-0.39, 0.29) is 11.8 Å². The molecule has 0 aliphatic carbocycles. The van der Waals surface area contributed by atoms with Crippen LogP contribution in [0.2, 0.25) is 0 Å². The van der Waals surface area contributed by atoms with Gasteiger partial charge in [-0.2, -0.15) is 0 Å². The highest BCUT2D eigenvalue weighted by atomic mass is 35.6. The Balaban J connectivity index is 2.69. The summed E-state index contributed by atoms with van der Waals surface area (Å²) in [7, 11) is 0. The molecule has 7 heteroatoms. The van der Waals surface area contributed by atoms with Gasteiger partial charge in [-0.05, 0) is 0 Å². The number of alkyl halides is 3. The topological polar surface area (TPSA) is 41.6 Å². The van der Waals surface area contributed by atoms with Crippen molar-refractivity contribution in [3.63, 3.8) is 0 Å². The van der Waals surface area contributed by atoms with Gasteiger partial charge in [0.1, 0.15) is 6.17 Å². The molecule has 100 valence electrons. The molecule has 1 aliphatic rings. The number of morpholine rings is 1. The standard InChI is InChI=1S/C10H17Cl3N2O2/c1-7(2)8(16)14-9(10(11,12)13)15-3-5-17-6-4-15/h7,9H,3-6H2,1-2H3,(H,14,16)/t9-/m0/s1. The van der Waals surface area contributed by atoms with Crippen molar-refractivity contribution in [3.8, 4) is 0 Å². The smallest absolute Gasteiger partial charge is 0.223 e. The summed E-state index contributed by atoms with van der Waals surface area (Å²) in [6, 6.07) is 0. The molecule has 17 heavy (non-hydrogen) atoms. The Hall–Kier alpha value is 0.260. The number of halogens is 3. The van der Waals surface area contributed by atoms with Crippen molar-refractivity contribution in [2.75, 3.05) is 26.3 Å². The van der Waals surface area contributed by atoms with E-state index in [2.05, 4.69) is 5.32 Å². The summed E-state index contributed by atoms with van der Waals surface area (Å²) >= 11 is 17.7.